The van der Waals surface area contributed by atoms with Gasteiger partial charge in [-0.05, 0) is 91.0 Å². The van der Waals surface area contributed by atoms with Crippen LogP contribution in [0.2, 0.25) is 0 Å². The number of carbonyl (C=O) groups is 2. The van der Waals surface area contributed by atoms with Gasteiger partial charge in [-0.2, -0.15) is 0 Å². The summed E-state index contributed by atoms with van der Waals surface area (Å²) in [5.74, 6) is 0.701. The maximum Gasteiger partial charge on any atom is 0.266 e. The second-order valence-electron chi connectivity index (χ2n) is 6.88. The molecule has 0 saturated carbocycles. The third kappa shape index (κ3) is 6.50. The summed E-state index contributed by atoms with van der Waals surface area (Å²) in [6.07, 6.45) is 1.84. The molecule has 2 amide bonds. The first-order valence-corrected chi connectivity index (χ1v) is 12.6. The summed E-state index contributed by atoms with van der Waals surface area (Å²) in [5.41, 5.74) is 1.52. The van der Waals surface area contributed by atoms with Crippen LogP contribution >= 0.6 is 34.4 Å². The Hall–Kier alpha value is -2.53. The second-order valence-corrected chi connectivity index (χ2v) is 9.05. The minimum Gasteiger partial charge on any atom is -0.490 e. The SMILES string of the molecule is CCN=C1S/C(=C/c2cc(I)c(OCC(=O)Nc3ccccc3)c(OCC)c2)C(=O)N1CC. The summed E-state index contributed by atoms with van der Waals surface area (Å²) < 4.78 is 12.4. The number of carbonyl (C=O) groups excluding carboxylic acids is 2. The monoisotopic (exact) mass is 579 g/mol. The van der Waals surface area contributed by atoms with Gasteiger partial charge in [-0.1, -0.05) is 18.2 Å². The molecule has 0 radical (unpaired) electrons. The largest absolute Gasteiger partial charge is 0.490 e. The van der Waals surface area contributed by atoms with Crippen LogP contribution < -0.4 is 14.8 Å². The molecule has 2 aromatic carbocycles. The van der Waals surface area contributed by atoms with E-state index in [-0.39, 0.29) is 18.4 Å². The van der Waals surface area contributed by atoms with Gasteiger partial charge in [0.05, 0.1) is 15.1 Å². The Morgan fingerprint density at radius 2 is 1.94 bits per heavy atom. The normalized spacial score (nSPS) is 15.9. The first-order valence-electron chi connectivity index (χ1n) is 10.7. The molecular formula is C24H26IN3O4S. The Labute approximate surface area is 211 Å². The molecule has 0 spiro atoms. The molecule has 0 atom stereocenters. The lowest BCUT2D eigenvalue weighted by Crippen LogP contribution is -2.28. The van der Waals surface area contributed by atoms with Gasteiger partial charge in [0.2, 0.25) is 0 Å². The van der Waals surface area contributed by atoms with Crippen molar-refractivity contribution < 1.29 is 19.1 Å². The number of amidine groups is 1. The van der Waals surface area contributed by atoms with Gasteiger partial charge in [-0.25, -0.2) is 0 Å². The molecule has 0 bridgehead atoms. The zero-order valence-electron chi connectivity index (χ0n) is 18.8. The second kappa shape index (κ2) is 12.1. The van der Waals surface area contributed by atoms with Crippen molar-refractivity contribution in [3.05, 3.63) is 56.5 Å². The number of halogens is 1. The van der Waals surface area contributed by atoms with Gasteiger partial charge in [0.25, 0.3) is 11.8 Å². The van der Waals surface area contributed by atoms with Crippen LogP contribution in [-0.4, -0.2) is 48.2 Å². The summed E-state index contributed by atoms with van der Waals surface area (Å²) >= 11 is 3.53. The topological polar surface area (TPSA) is 80.2 Å². The molecule has 1 N–H and O–H groups in total. The van der Waals surface area contributed by atoms with Crippen molar-refractivity contribution >= 4 is 63.1 Å². The molecule has 1 heterocycles. The molecule has 2 aromatic rings. The first kappa shape index (κ1) is 25.1. The average molecular weight is 579 g/mol. The van der Waals surface area contributed by atoms with Crippen LogP contribution in [0.4, 0.5) is 5.69 Å². The predicted molar refractivity (Wildman–Crippen MR) is 142 cm³/mol. The maximum absolute atomic E-state index is 12.8. The summed E-state index contributed by atoms with van der Waals surface area (Å²) in [6.45, 7) is 7.24. The molecular weight excluding hydrogens is 553 g/mol. The van der Waals surface area contributed by atoms with Gasteiger partial charge in [0, 0.05) is 18.8 Å². The quantitative estimate of drug-likeness (QED) is 0.334. The van der Waals surface area contributed by atoms with E-state index in [0.29, 0.717) is 41.8 Å². The van der Waals surface area contributed by atoms with E-state index in [2.05, 4.69) is 32.9 Å². The average Bonchev–Trinajstić information content (AvgIpc) is 3.08. The number of ether oxygens (including phenoxy) is 2. The smallest absolute Gasteiger partial charge is 0.266 e. The molecule has 0 aliphatic carbocycles. The molecule has 1 aliphatic heterocycles. The molecule has 0 aromatic heterocycles. The van der Waals surface area contributed by atoms with Gasteiger partial charge in [-0.3, -0.25) is 19.5 Å². The highest BCUT2D eigenvalue weighted by Gasteiger charge is 2.32. The van der Waals surface area contributed by atoms with E-state index < -0.39 is 0 Å². The molecule has 1 saturated heterocycles. The number of thioether (sulfide) groups is 1. The van der Waals surface area contributed by atoms with Crippen LogP contribution in [-0.2, 0) is 9.59 Å². The standard InChI is InChI=1S/C24H26IN3O4S/c1-4-26-24-28(5-2)23(30)20(33-24)14-16-12-18(25)22(19(13-16)31-6-3)32-15-21(29)27-17-10-8-7-9-11-17/h7-14H,4-6,15H2,1-3H3,(H,27,29)/b20-14+,26-24?. The first-order chi connectivity index (χ1) is 16.0. The van der Waals surface area contributed by atoms with Crippen molar-refractivity contribution in [2.45, 2.75) is 20.8 Å². The van der Waals surface area contributed by atoms with Gasteiger partial charge in [0.15, 0.2) is 23.3 Å². The van der Waals surface area contributed by atoms with E-state index in [0.717, 1.165) is 14.3 Å². The number of anilines is 1. The zero-order valence-corrected chi connectivity index (χ0v) is 21.7. The molecule has 1 aliphatic rings. The van der Waals surface area contributed by atoms with E-state index >= 15 is 0 Å². The van der Waals surface area contributed by atoms with Crippen LogP contribution in [0, 0.1) is 3.57 Å². The van der Waals surface area contributed by atoms with E-state index in [1.165, 1.54) is 11.8 Å². The minimum absolute atomic E-state index is 0.0550. The Morgan fingerprint density at radius 3 is 2.61 bits per heavy atom. The third-order valence-electron chi connectivity index (χ3n) is 4.53. The number of rotatable bonds is 9. The van der Waals surface area contributed by atoms with Gasteiger partial charge in [-0.15, -0.1) is 0 Å². The fourth-order valence-corrected chi connectivity index (χ4v) is 5.01. The van der Waals surface area contributed by atoms with Crippen LogP contribution in [0.15, 0.2) is 52.4 Å². The number of hydrogen-bond donors (Lipinski definition) is 1. The number of nitrogens with zero attached hydrogens (tertiary/aromatic N) is 2. The zero-order chi connectivity index (χ0) is 23.8. The van der Waals surface area contributed by atoms with Crippen molar-refractivity contribution in [3.63, 3.8) is 0 Å². The number of likely N-dealkylation sites (N-methyl/N-ethyl adjacent to an activating group) is 1. The summed E-state index contributed by atoms with van der Waals surface area (Å²) in [5, 5.41) is 3.52. The summed E-state index contributed by atoms with van der Waals surface area (Å²) in [7, 11) is 0. The maximum atomic E-state index is 12.8. The number of para-hydroxylation sites is 1. The molecule has 33 heavy (non-hydrogen) atoms. The van der Waals surface area contributed by atoms with Crippen molar-refractivity contribution in [1.82, 2.24) is 4.90 Å². The number of aliphatic imine (C=N–C) groups is 1. The van der Waals surface area contributed by atoms with E-state index in [4.69, 9.17) is 9.47 Å². The van der Waals surface area contributed by atoms with Crippen LogP contribution in [0.5, 0.6) is 11.5 Å². The number of amides is 2. The highest BCUT2D eigenvalue weighted by atomic mass is 127. The fourth-order valence-electron chi connectivity index (χ4n) is 3.12. The van der Waals surface area contributed by atoms with Gasteiger partial charge < -0.3 is 14.8 Å². The fraction of sp³-hybridized carbons (Fsp3) is 0.292. The van der Waals surface area contributed by atoms with Gasteiger partial charge in [0.1, 0.15) is 0 Å². The molecule has 3 rings (SSSR count). The Kier molecular flexibility index (Phi) is 9.19. The van der Waals surface area contributed by atoms with E-state index in [1.807, 2.05) is 69.3 Å². The molecule has 9 heteroatoms. The van der Waals surface area contributed by atoms with Crippen LogP contribution in [0.3, 0.4) is 0 Å². The Balaban J connectivity index is 1.79. The van der Waals surface area contributed by atoms with Crippen LogP contribution in [0.25, 0.3) is 6.08 Å². The van der Waals surface area contributed by atoms with E-state index in [1.54, 1.807) is 4.90 Å². The number of benzene rings is 2. The lowest BCUT2D eigenvalue weighted by atomic mass is 10.2. The molecule has 0 unspecified atom stereocenters. The third-order valence-corrected chi connectivity index (χ3v) is 6.38. The van der Waals surface area contributed by atoms with Crippen LogP contribution in [0.1, 0.15) is 26.3 Å². The van der Waals surface area contributed by atoms with Crippen molar-refractivity contribution in [2.24, 2.45) is 4.99 Å². The highest BCUT2D eigenvalue weighted by Crippen LogP contribution is 2.37. The van der Waals surface area contributed by atoms with Crippen molar-refractivity contribution in [2.75, 3.05) is 31.6 Å². The molecule has 7 nitrogen and oxygen atoms in total. The summed E-state index contributed by atoms with van der Waals surface area (Å²) in [4.78, 5) is 31.8. The number of nitrogens with one attached hydrogen (secondary N) is 1. The molecule has 174 valence electrons. The predicted octanol–water partition coefficient (Wildman–Crippen LogP) is 5.02. The van der Waals surface area contributed by atoms with Crippen molar-refractivity contribution in [3.8, 4) is 11.5 Å². The molecule has 1 fully saturated rings. The Bertz CT molecular complexity index is 1070. The lowest BCUT2D eigenvalue weighted by Gasteiger charge is -2.15. The van der Waals surface area contributed by atoms with E-state index in [9.17, 15) is 9.59 Å². The van der Waals surface area contributed by atoms with Gasteiger partial charge >= 0.3 is 0 Å². The highest BCUT2D eigenvalue weighted by molar-refractivity contribution is 14.1. The Morgan fingerprint density at radius 1 is 1.18 bits per heavy atom. The van der Waals surface area contributed by atoms with Crippen molar-refractivity contribution in [1.29, 1.82) is 0 Å². The summed E-state index contributed by atoms with van der Waals surface area (Å²) in [6, 6.07) is 12.9. The number of hydrogen-bond acceptors (Lipinski definition) is 6. The lowest BCUT2D eigenvalue weighted by molar-refractivity contribution is -0.122. The minimum atomic E-state index is -0.263.